The Hall–Kier alpha value is -2.62. The molecule has 0 saturated carbocycles. The minimum atomic E-state index is -0.931. The average molecular weight is 277 g/mol. The maximum Gasteiger partial charge on any atom is 0.305 e. The summed E-state index contributed by atoms with van der Waals surface area (Å²) < 4.78 is 0. The molecule has 106 valence electrons. The Kier molecular flexibility index (Phi) is 5.47. The summed E-state index contributed by atoms with van der Waals surface area (Å²) in [6, 6.07) is 5.59. The smallest absolute Gasteiger partial charge is 0.305 e. The predicted octanol–water partition coefficient (Wildman–Crippen LogP) is 2.52. The van der Waals surface area contributed by atoms with E-state index >= 15 is 0 Å². The van der Waals surface area contributed by atoms with Crippen LogP contribution in [0.15, 0.2) is 18.2 Å². The average Bonchev–Trinajstić information content (AvgIpc) is 2.38. The minimum Gasteiger partial charge on any atom is -0.481 e. The first-order valence-corrected chi connectivity index (χ1v) is 6.14. The van der Waals surface area contributed by atoms with Crippen LogP contribution in [0.2, 0.25) is 0 Å². The van der Waals surface area contributed by atoms with E-state index in [4.69, 9.17) is 10.4 Å². The number of anilines is 1. The molecule has 0 radical (unpaired) electrons. The highest BCUT2D eigenvalue weighted by Crippen LogP contribution is 2.23. The number of hydrogen-bond donors (Lipinski definition) is 2. The Morgan fingerprint density at radius 1 is 1.60 bits per heavy atom. The number of benzene rings is 1. The van der Waals surface area contributed by atoms with Gasteiger partial charge in [0.1, 0.15) is 11.6 Å². The Balaban J connectivity index is 2.96. The van der Waals surface area contributed by atoms with Gasteiger partial charge in [-0.1, -0.05) is 13.3 Å². The van der Waals surface area contributed by atoms with E-state index in [1.54, 1.807) is 6.07 Å². The van der Waals surface area contributed by atoms with Crippen LogP contribution in [0.5, 0.6) is 0 Å². The molecule has 1 aromatic carbocycles. The number of nitrogens with one attached hydrogen (secondary N) is 1. The van der Waals surface area contributed by atoms with Crippen molar-refractivity contribution < 1.29 is 14.8 Å². The third kappa shape index (κ3) is 4.24. The van der Waals surface area contributed by atoms with E-state index in [1.165, 1.54) is 18.2 Å². The van der Waals surface area contributed by atoms with Gasteiger partial charge in [-0.3, -0.25) is 14.9 Å². The second kappa shape index (κ2) is 7.09. The molecule has 1 aromatic rings. The summed E-state index contributed by atoms with van der Waals surface area (Å²) in [5.74, 6) is -0.931. The summed E-state index contributed by atoms with van der Waals surface area (Å²) in [6.07, 6.45) is 1.37. The molecule has 0 heterocycles. The third-order valence-electron chi connectivity index (χ3n) is 2.74. The van der Waals surface area contributed by atoms with Crippen LogP contribution in [-0.4, -0.2) is 22.0 Å². The topological polar surface area (TPSA) is 116 Å². The van der Waals surface area contributed by atoms with Crippen molar-refractivity contribution in [2.75, 3.05) is 5.32 Å². The molecular formula is C13H15N3O4. The summed E-state index contributed by atoms with van der Waals surface area (Å²) in [5.41, 5.74) is 0.129. The maximum atomic E-state index is 10.9. The first-order chi connectivity index (χ1) is 9.47. The molecule has 2 N–H and O–H groups in total. The van der Waals surface area contributed by atoms with Gasteiger partial charge in [0.05, 0.1) is 11.3 Å². The summed E-state index contributed by atoms with van der Waals surface area (Å²) in [4.78, 5) is 21.0. The molecule has 1 unspecified atom stereocenters. The number of nitriles is 1. The van der Waals surface area contributed by atoms with Crippen molar-refractivity contribution in [3.63, 3.8) is 0 Å². The Bertz CT molecular complexity index is 551. The largest absolute Gasteiger partial charge is 0.481 e. The fraction of sp³-hybridized carbons (Fsp3) is 0.385. The lowest BCUT2D eigenvalue weighted by Gasteiger charge is -2.17. The van der Waals surface area contributed by atoms with Crippen LogP contribution in [-0.2, 0) is 4.79 Å². The number of nitro groups is 1. The van der Waals surface area contributed by atoms with Crippen molar-refractivity contribution in [3.05, 3.63) is 33.9 Å². The Morgan fingerprint density at radius 3 is 2.80 bits per heavy atom. The van der Waals surface area contributed by atoms with Gasteiger partial charge in [-0.05, 0) is 18.6 Å². The standard InChI is InChI=1S/C13H15N3O4/c1-2-3-10(7-13(17)18)15-11-5-4-9(8-14)12(6-11)16(19)20/h4-6,10,15H,2-3,7H2,1H3,(H,17,18). The SMILES string of the molecule is CCCC(CC(=O)O)Nc1ccc(C#N)c([N+](=O)[O-])c1. The number of carboxylic acids is 1. The highest BCUT2D eigenvalue weighted by atomic mass is 16.6. The van der Waals surface area contributed by atoms with E-state index in [1.807, 2.05) is 6.92 Å². The monoisotopic (exact) mass is 277 g/mol. The van der Waals surface area contributed by atoms with Gasteiger partial charge in [-0.2, -0.15) is 5.26 Å². The fourth-order valence-electron chi connectivity index (χ4n) is 1.89. The molecule has 0 fully saturated rings. The molecule has 1 atom stereocenters. The molecule has 0 saturated heterocycles. The zero-order chi connectivity index (χ0) is 15.1. The van der Waals surface area contributed by atoms with Gasteiger partial charge >= 0.3 is 5.97 Å². The number of hydrogen-bond acceptors (Lipinski definition) is 5. The van der Waals surface area contributed by atoms with Gasteiger partial charge in [0, 0.05) is 17.8 Å². The van der Waals surface area contributed by atoms with Crippen LogP contribution < -0.4 is 5.32 Å². The number of nitrogens with zero attached hydrogens (tertiary/aromatic N) is 2. The second-order valence-electron chi connectivity index (χ2n) is 4.33. The zero-order valence-electron chi connectivity index (χ0n) is 11.0. The van der Waals surface area contributed by atoms with Crippen molar-refractivity contribution in [1.29, 1.82) is 5.26 Å². The zero-order valence-corrected chi connectivity index (χ0v) is 11.0. The van der Waals surface area contributed by atoms with Gasteiger partial charge in [-0.15, -0.1) is 0 Å². The van der Waals surface area contributed by atoms with Crippen LogP contribution in [0, 0.1) is 21.4 Å². The number of nitro benzene ring substituents is 1. The van der Waals surface area contributed by atoms with E-state index in [9.17, 15) is 14.9 Å². The van der Waals surface area contributed by atoms with Gasteiger partial charge in [0.15, 0.2) is 0 Å². The molecule has 0 aliphatic heterocycles. The first-order valence-electron chi connectivity index (χ1n) is 6.14. The molecule has 0 spiro atoms. The molecule has 1 rings (SSSR count). The number of carbonyl (C=O) groups is 1. The minimum absolute atomic E-state index is 0.0224. The molecule has 20 heavy (non-hydrogen) atoms. The molecule has 0 amide bonds. The van der Waals surface area contributed by atoms with Crippen LogP contribution in [0.1, 0.15) is 31.7 Å². The summed E-state index contributed by atoms with van der Waals surface area (Å²) in [6.45, 7) is 1.93. The van der Waals surface area contributed by atoms with Crippen molar-refractivity contribution in [3.8, 4) is 6.07 Å². The van der Waals surface area contributed by atoms with Crippen molar-refractivity contribution in [2.24, 2.45) is 0 Å². The second-order valence-corrected chi connectivity index (χ2v) is 4.33. The maximum absolute atomic E-state index is 10.9. The van der Waals surface area contributed by atoms with Gasteiger partial charge in [0.2, 0.25) is 0 Å². The van der Waals surface area contributed by atoms with E-state index in [2.05, 4.69) is 5.32 Å². The number of carboxylic acid groups (broad SMARTS) is 1. The van der Waals surface area contributed by atoms with Crippen LogP contribution >= 0.6 is 0 Å². The quantitative estimate of drug-likeness (QED) is 0.584. The molecule has 0 bridgehead atoms. The summed E-state index contributed by atoms with van der Waals surface area (Å²) in [5, 5.41) is 31.4. The van der Waals surface area contributed by atoms with E-state index < -0.39 is 10.9 Å². The van der Waals surface area contributed by atoms with Crippen LogP contribution in [0.3, 0.4) is 0 Å². The molecule has 7 nitrogen and oxygen atoms in total. The van der Waals surface area contributed by atoms with Crippen LogP contribution in [0.4, 0.5) is 11.4 Å². The molecule has 0 aliphatic carbocycles. The van der Waals surface area contributed by atoms with E-state index in [0.29, 0.717) is 12.1 Å². The normalized spacial score (nSPS) is 11.4. The highest BCUT2D eigenvalue weighted by molar-refractivity contribution is 5.68. The van der Waals surface area contributed by atoms with Gasteiger partial charge in [-0.25, -0.2) is 0 Å². The Morgan fingerprint density at radius 2 is 2.30 bits per heavy atom. The number of aliphatic carboxylic acids is 1. The first kappa shape index (κ1) is 15.4. The van der Waals surface area contributed by atoms with Crippen LogP contribution in [0.25, 0.3) is 0 Å². The van der Waals surface area contributed by atoms with E-state index in [0.717, 1.165) is 6.42 Å². The van der Waals surface area contributed by atoms with Crippen molar-refractivity contribution in [2.45, 2.75) is 32.2 Å². The molecule has 0 aromatic heterocycles. The Labute approximate surface area is 116 Å². The highest BCUT2D eigenvalue weighted by Gasteiger charge is 2.17. The summed E-state index contributed by atoms with van der Waals surface area (Å²) >= 11 is 0. The fourth-order valence-corrected chi connectivity index (χ4v) is 1.89. The predicted molar refractivity (Wildman–Crippen MR) is 72.4 cm³/mol. The lowest BCUT2D eigenvalue weighted by molar-refractivity contribution is -0.385. The lowest BCUT2D eigenvalue weighted by atomic mass is 10.1. The molecule has 7 heteroatoms. The van der Waals surface area contributed by atoms with Crippen molar-refractivity contribution in [1.82, 2.24) is 0 Å². The lowest BCUT2D eigenvalue weighted by Crippen LogP contribution is -2.23. The van der Waals surface area contributed by atoms with E-state index in [-0.39, 0.29) is 23.7 Å². The number of rotatable bonds is 7. The van der Waals surface area contributed by atoms with Gasteiger partial charge < -0.3 is 10.4 Å². The van der Waals surface area contributed by atoms with Gasteiger partial charge in [0.25, 0.3) is 5.69 Å². The molecule has 0 aliphatic rings. The summed E-state index contributed by atoms with van der Waals surface area (Å²) in [7, 11) is 0. The van der Waals surface area contributed by atoms with Crippen molar-refractivity contribution >= 4 is 17.3 Å². The third-order valence-corrected chi connectivity index (χ3v) is 2.74. The molecular weight excluding hydrogens is 262 g/mol.